The van der Waals surface area contributed by atoms with Crippen LogP contribution in [0.3, 0.4) is 0 Å². The molecule has 0 bridgehead atoms. The van der Waals surface area contributed by atoms with Gasteiger partial charge in [-0.3, -0.25) is 9.69 Å². The van der Waals surface area contributed by atoms with Crippen molar-refractivity contribution in [3.8, 4) is 11.4 Å². The molecule has 2 aliphatic rings. The van der Waals surface area contributed by atoms with E-state index in [1.807, 2.05) is 35.2 Å². The van der Waals surface area contributed by atoms with E-state index >= 15 is 0 Å². The number of likely N-dealkylation sites (tertiary alicyclic amines) is 1. The molecule has 4 rings (SSSR count). The Kier molecular flexibility index (Phi) is 4.83. The maximum atomic E-state index is 13.1. The molecule has 0 radical (unpaired) electrons. The summed E-state index contributed by atoms with van der Waals surface area (Å²) in [7, 11) is 1.36. The van der Waals surface area contributed by atoms with Crippen LogP contribution in [0.1, 0.15) is 30.7 Å². The average Bonchev–Trinajstić information content (AvgIpc) is 3.16. The molecule has 7 nitrogen and oxygen atoms in total. The van der Waals surface area contributed by atoms with E-state index in [-0.39, 0.29) is 5.91 Å². The van der Waals surface area contributed by atoms with Gasteiger partial charge in [0.2, 0.25) is 5.91 Å². The lowest BCUT2D eigenvalue weighted by atomic mass is 10.0. The molecular formula is C20H24N4O3. The molecule has 1 fully saturated rings. The second-order valence-corrected chi connectivity index (χ2v) is 7.06. The number of carbonyl (C=O) groups is 2. The van der Waals surface area contributed by atoms with Crippen LogP contribution in [0.4, 0.5) is 4.79 Å². The van der Waals surface area contributed by atoms with Crippen LogP contribution < -0.4 is 0 Å². The standard InChI is InChI=1S/C20H24N4O3/c1-27-20(26)24-11-6-5-9-17(24)19(25)23-12-10-15-16(13-23)22-18(21-15)14-7-3-2-4-8-14/h2-4,7-8,17H,5-6,9-13H2,1H3,(H,21,22)/t17-/m1/s1. The predicted molar refractivity (Wildman–Crippen MR) is 99.9 cm³/mol. The van der Waals surface area contributed by atoms with E-state index < -0.39 is 12.1 Å². The number of hydrogen-bond acceptors (Lipinski definition) is 4. The molecule has 27 heavy (non-hydrogen) atoms. The highest BCUT2D eigenvalue weighted by Gasteiger charge is 2.36. The number of carbonyl (C=O) groups excluding carboxylic acids is 2. The number of aromatic amines is 1. The molecule has 0 saturated carbocycles. The van der Waals surface area contributed by atoms with Gasteiger partial charge in [-0.05, 0) is 19.3 Å². The number of nitrogens with one attached hydrogen (secondary N) is 1. The lowest BCUT2D eigenvalue weighted by molar-refractivity contribution is -0.138. The normalized spacial score (nSPS) is 19.5. The quantitative estimate of drug-likeness (QED) is 0.884. The van der Waals surface area contributed by atoms with Gasteiger partial charge < -0.3 is 14.6 Å². The molecule has 1 aromatic heterocycles. The number of piperidine rings is 1. The van der Waals surface area contributed by atoms with Crippen LogP contribution in [-0.4, -0.2) is 58.0 Å². The number of methoxy groups -OCH3 is 1. The van der Waals surface area contributed by atoms with Crippen LogP contribution >= 0.6 is 0 Å². The van der Waals surface area contributed by atoms with E-state index in [2.05, 4.69) is 4.98 Å². The number of H-pyrrole nitrogens is 1. The molecule has 1 N–H and O–H groups in total. The first-order valence-electron chi connectivity index (χ1n) is 9.44. The zero-order chi connectivity index (χ0) is 18.8. The second kappa shape index (κ2) is 7.42. The lowest BCUT2D eigenvalue weighted by Crippen LogP contribution is -2.53. The van der Waals surface area contributed by atoms with E-state index in [9.17, 15) is 9.59 Å². The predicted octanol–water partition coefficient (Wildman–Crippen LogP) is 2.58. The Morgan fingerprint density at radius 2 is 2.00 bits per heavy atom. The van der Waals surface area contributed by atoms with Crippen LogP contribution in [0.25, 0.3) is 11.4 Å². The van der Waals surface area contributed by atoms with Gasteiger partial charge in [0.15, 0.2) is 0 Å². The van der Waals surface area contributed by atoms with Crippen molar-refractivity contribution in [3.63, 3.8) is 0 Å². The number of ether oxygens (including phenoxy) is 1. The van der Waals surface area contributed by atoms with Gasteiger partial charge in [0.05, 0.1) is 25.0 Å². The summed E-state index contributed by atoms with van der Waals surface area (Å²) < 4.78 is 4.87. The highest BCUT2D eigenvalue weighted by molar-refractivity contribution is 5.86. The molecule has 7 heteroatoms. The summed E-state index contributed by atoms with van der Waals surface area (Å²) in [6, 6.07) is 9.55. The fourth-order valence-electron chi connectivity index (χ4n) is 3.95. The van der Waals surface area contributed by atoms with Crippen molar-refractivity contribution in [1.82, 2.24) is 19.8 Å². The number of nitrogens with zero attached hydrogens (tertiary/aromatic N) is 3. The van der Waals surface area contributed by atoms with Crippen molar-refractivity contribution in [1.29, 1.82) is 0 Å². The van der Waals surface area contributed by atoms with E-state index in [1.165, 1.54) is 7.11 Å². The van der Waals surface area contributed by atoms with Gasteiger partial charge in [-0.15, -0.1) is 0 Å². The van der Waals surface area contributed by atoms with E-state index in [4.69, 9.17) is 9.72 Å². The molecule has 2 aliphatic heterocycles. The number of aromatic nitrogens is 2. The second-order valence-electron chi connectivity index (χ2n) is 7.06. The maximum absolute atomic E-state index is 13.1. The van der Waals surface area contributed by atoms with Crippen LogP contribution in [0, 0.1) is 0 Å². The third-order valence-electron chi connectivity index (χ3n) is 5.39. The zero-order valence-electron chi connectivity index (χ0n) is 15.5. The van der Waals surface area contributed by atoms with Crippen molar-refractivity contribution < 1.29 is 14.3 Å². The third kappa shape index (κ3) is 3.41. The van der Waals surface area contributed by atoms with Crippen LogP contribution in [0.5, 0.6) is 0 Å². The van der Waals surface area contributed by atoms with E-state index in [0.717, 1.165) is 42.0 Å². The summed E-state index contributed by atoms with van der Waals surface area (Å²) >= 11 is 0. The van der Waals surface area contributed by atoms with Crippen LogP contribution in [-0.2, 0) is 22.5 Å². The summed E-state index contributed by atoms with van der Waals surface area (Å²) in [5, 5.41) is 0. The van der Waals surface area contributed by atoms with E-state index in [0.29, 0.717) is 26.1 Å². The van der Waals surface area contributed by atoms with Gasteiger partial charge in [0.25, 0.3) is 0 Å². The summed E-state index contributed by atoms with van der Waals surface area (Å²) in [6.07, 6.45) is 2.85. The molecule has 2 amide bonds. The molecular weight excluding hydrogens is 344 g/mol. The maximum Gasteiger partial charge on any atom is 0.410 e. The first kappa shape index (κ1) is 17.6. The minimum atomic E-state index is -0.427. The number of hydrogen-bond donors (Lipinski definition) is 1. The summed E-state index contributed by atoms with van der Waals surface area (Å²) in [4.78, 5) is 36.6. The minimum absolute atomic E-state index is 0.00149. The Labute approximate surface area is 158 Å². The zero-order valence-corrected chi connectivity index (χ0v) is 15.5. The van der Waals surface area contributed by atoms with Crippen molar-refractivity contribution in [2.24, 2.45) is 0 Å². The molecule has 1 atom stereocenters. The Bertz CT molecular complexity index is 833. The molecule has 0 aliphatic carbocycles. The fraction of sp³-hybridized carbons (Fsp3) is 0.450. The monoisotopic (exact) mass is 368 g/mol. The Morgan fingerprint density at radius 3 is 2.78 bits per heavy atom. The summed E-state index contributed by atoms with van der Waals surface area (Å²) in [5.41, 5.74) is 3.04. The Balaban J connectivity index is 1.51. The summed E-state index contributed by atoms with van der Waals surface area (Å²) in [5.74, 6) is 0.838. The Hall–Kier alpha value is -2.83. The smallest absolute Gasteiger partial charge is 0.410 e. The van der Waals surface area contributed by atoms with Gasteiger partial charge in [-0.2, -0.15) is 0 Å². The fourth-order valence-corrected chi connectivity index (χ4v) is 3.95. The SMILES string of the molecule is COC(=O)N1CCCC[C@@H]1C(=O)N1CCc2nc(-c3ccccc3)[nH]c2C1. The molecule has 0 unspecified atom stereocenters. The molecule has 1 saturated heterocycles. The molecule has 2 aromatic rings. The first-order chi connectivity index (χ1) is 13.2. The van der Waals surface area contributed by atoms with Crippen LogP contribution in [0.15, 0.2) is 30.3 Å². The first-order valence-corrected chi connectivity index (χ1v) is 9.44. The van der Waals surface area contributed by atoms with Gasteiger partial charge in [0, 0.05) is 25.1 Å². The third-order valence-corrected chi connectivity index (χ3v) is 5.39. The van der Waals surface area contributed by atoms with Crippen molar-refractivity contribution >= 4 is 12.0 Å². The molecule has 3 heterocycles. The number of benzene rings is 1. The molecule has 0 spiro atoms. The van der Waals surface area contributed by atoms with Crippen molar-refractivity contribution in [2.75, 3.05) is 20.2 Å². The van der Waals surface area contributed by atoms with Crippen LogP contribution in [0.2, 0.25) is 0 Å². The van der Waals surface area contributed by atoms with Gasteiger partial charge in [-0.1, -0.05) is 30.3 Å². The summed E-state index contributed by atoms with van der Waals surface area (Å²) in [6.45, 7) is 1.69. The average molecular weight is 368 g/mol. The Morgan fingerprint density at radius 1 is 1.19 bits per heavy atom. The highest BCUT2D eigenvalue weighted by Crippen LogP contribution is 2.25. The van der Waals surface area contributed by atoms with Gasteiger partial charge in [-0.25, -0.2) is 9.78 Å². The van der Waals surface area contributed by atoms with Gasteiger partial charge >= 0.3 is 6.09 Å². The van der Waals surface area contributed by atoms with Crippen molar-refractivity contribution in [2.45, 2.75) is 38.3 Å². The lowest BCUT2D eigenvalue weighted by Gasteiger charge is -2.37. The minimum Gasteiger partial charge on any atom is -0.453 e. The number of fused-ring (bicyclic) bond motifs is 1. The topological polar surface area (TPSA) is 78.5 Å². The number of amides is 2. The largest absolute Gasteiger partial charge is 0.453 e. The number of imidazole rings is 1. The number of rotatable bonds is 2. The van der Waals surface area contributed by atoms with E-state index in [1.54, 1.807) is 4.90 Å². The van der Waals surface area contributed by atoms with Crippen molar-refractivity contribution in [3.05, 3.63) is 41.7 Å². The highest BCUT2D eigenvalue weighted by atomic mass is 16.5. The van der Waals surface area contributed by atoms with Gasteiger partial charge in [0.1, 0.15) is 11.9 Å². The molecule has 1 aromatic carbocycles. The molecule has 142 valence electrons.